The lowest BCUT2D eigenvalue weighted by Crippen LogP contribution is -2.48. The largest absolute Gasteiger partial charge is 0.465 e. The molecule has 0 radical (unpaired) electrons. The van der Waals surface area contributed by atoms with Crippen LogP contribution in [0.25, 0.3) is 27.9 Å². The molecule has 0 saturated carbocycles. The highest BCUT2D eigenvalue weighted by molar-refractivity contribution is 5.99. The third kappa shape index (κ3) is 3.24. The van der Waals surface area contributed by atoms with Gasteiger partial charge in [0.05, 0.1) is 17.1 Å². The highest BCUT2D eigenvalue weighted by Crippen LogP contribution is 2.32. The van der Waals surface area contributed by atoms with E-state index in [1.807, 2.05) is 19.1 Å². The third-order valence-electron chi connectivity index (χ3n) is 4.84. The number of carbonyl (C=O) groups is 1. The van der Waals surface area contributed by atoms with Gasteiger partial charge < -0.3 is 14.9 Å². The Morgan fingerprint density at radius 1 is 1.07 bits per heavy atom. The molecular formula is C20H20N6O2. The number of pyridine rings is 2. The van der Waals surface area contributed by atoms with E-state index < -0.39 is 6.09 Å². The number of amides is 1. The van der Waals surface area contributed by atoms with Gasteiger partial charge in [0.1, 0.15) is 5.82 Å². The Morgan fingerprint density at radius 2 is 1.79 bits per heavy atom. The second-order valence-electron chi connectivity index (χ2n) is 6.72. The minimum absolute atomic E-state index is 0.429. The number of piperazine rings is 1. The monoisotopic (exact) mass is 376 g/mol. The van der Waals surface area contributed by atoms with Gasteiger partial charge in [-0.05, 0) is 24.6 Å². The van der Waals surface area contributed by atoms with Crippen LogP contribution in [0.2, 0.25) is 0 Å². The van der Waals surface area contributed by atoms with E-state index in [1.165, 1.54) is 4.90 Å². The molecule has 1 saturated heterocycles. The first-order valence-electron chi connectivity index (χ1n) is 8.99. The Labute approximate surface area is 162 Å². The Kier molecular flexibility index (Phi) is 4.60. The van der Waals surface area contributed by atoms with Gasteiger partial charge in [-0.15, -0.1) is 0 Å². The van der Waals surface area contributed by atoms with Crippen LogP contribution in [0.3, 0.4) is 0 Å². The number of carboxylic acid groups (broad SMARTS) is 1. The van der Waals surface area contributed by atoms with Crippen molar-refractivity contribution in [2.45, 2.75) is 6.92 Å². The number of allylic oxidation sites excluding steroid dienone is 1. The molecule has 4 rings (SSSR count). The number of anilines is 1. The van der Waals surface area contributed by atoms with Crippen molar-refractivity contribution in [1.29, 1.82) is 0 Å². The van der Waals surface area contributed by atoms with Gasteiger partial charge in [-0.3, -0.25) is 9.97 Å². The summed E-state index contributed by atoms with van der Waals surface area (Å²) in [6.07, 6.45) is 6.02. The number of rotatable bonds is 3. The second kappa shape index (κ2) is 7.22. The first-order valence-corrected chi connectivity index (χ1v) is 8.99. The van der Waals surface area contributed by atoms with Crippen molar-refractivity contribution in [3.8, 4) is 11.4 Å². The highest BCUT2D eigenvalue weighted by atomic mass is 16.4. The first kappa shape index (κ1) is 17.8. The summed E-state index contributed by atoms with van der Waals surface area (Å²) in [4.78, 5) is 32.7. The zero-order valence-electron chi connectivity index (χ0n) is 15.5. The average molecular weight is 376 g/mol. The SMILES string of the molecule is C=C(C)c1cncc2nc(-c3ccncc3)nc(N3CCN(C(=O)O)CC3)c12. The van der Waals surface area contributed by atoms with Crippen LogP contribution in [0.15, 0.2) is 43.5 Å². The maximum Gasteiger partial charge on any atom is 0.407 e. The van der Waals surface area contributed by atoms with Crippen LogP contribution in [0, 0.1) is 0 Å². The minimum Gasteiger partial charge on any atom is -0.465 e. The number of hydrogen-bond donors (Lipinski definition) is 1. The standard InChI is InChI=1S/C20H20N6O2/c1-13(2)15-11-22-12-16-17(15)19(25-7-9-26(10-8-25)20(27)28)24-18(23-16)14-3-5-21-6-4-14/h3-6,11-12H,1,7-10H2,2H3,(H,27,28). The van der Waals surface area contributed by atoms with Crippen LogP contribution >= 0.6 is 0 Å². The van der Waals surface area contributed by atoms with Crippen LogP contribution < -0.4 is 4.90 Å². The molecule has 4 heterocycles. The smallest absolute Gasteiger partial charge is 0.407 e. The number of aromatic nitrogens is 4. The van der Waals surface area contributed by atoms with E-state index in [-0.39, 0.29) is 0 Å². The van der Waals surface area contributed by atoms with E-state index in [1.54, 1.807) is 24.8 Å². The topological polar surface area (TPSA) is 95.3 Å². The fourth-order valence-electron chi connectivity index (χ4n) is 3.36. The van der Waals surface area contributed by atoms with E-state index >= 15 is 0 Å². The van der Waals surface area contributed by atoms with Crippen LogP contribution in [-0.2, 0) is 0 Å². The molecular weight excluding hydrogens is 356 g/mol. The van der Waals surface area contributed by atoms with Gasteiger partial charge >= 0.3 is 6.09 Å². The predicted octanol–water partition coefficient (Wildman–Crippen LogP) is 2.92. The number of hydrogen-bond acceptors (Lipinski definition) is 6. The van der Waals surface area contributed by atoms with Gasteiger partial charge in [0.25, 0.3) is 0 Å². The maximum absolute atomic E-state index is 11.2. The quantitative estimate of drug-likeness (QED) is 0.751. The van der Waals surface area contributed by atoms with Crippen LogP contribution in [-0.4, -0.2) is 62.2 Å². The Morgan fingerprint density at radius 3 is 2.43 bits per heavy atom. The summed E-state index contributed by atoms with van der Waals surface area (Å²) in [5.74, 6) is 1.37. The number of fused-ring (bicyclic) bond motifs is 1. The highest BCUT2D eigenvalue weighted by Gasteiger charge is 2.24. The van der Waals surface area contributed by atoms with Gasteiger partial charge in [-0.2, -0.15) is 0 Å². The van der Waals surface area contributed by atoms with Crippen molar-refractivity contribution in [2.24, 2.45) is 0 Å². The lowest BCUT2D eigenvalue weighted by molar-refractivity contribution is 0.142. The molecule has 1 aliphatic rings. The molecule has 0 bridgehead atoms. The first-order chi connectivity index (χ1) is 13.5. The fourth-order valence-corrected chi connectivity index (χ4v) is 3.36. The normalized spacial score (nSPS) is 14.3. The third-order valence-corrected chi connectivity index (χ3v) is 4.84. The Balaban J connectivity index is 1.87. The lowest BCUT2D eigenvalue weighted by Gasteiger charge is -2.34. The molecule has 3 aromatic heterocycles. The van der Waals surface area contributed by atoms with Crippen molar-refractivity contribution < 1.29 is 9.90 Å². The average Bonchev–Trinajstić information content (AvgIpc) is 2.73. The van der Waals surface area contributed by atoms with Crippen molar-refractivity contribution in [2.75, 3.05) is 31.1 Å². The molecule has 1 N–H and O–H groups in total. The summed E-state index contributed by atoms with van der Waals surface area (Å²) in [6, 6.07) is 3.73. The zero-order chi connectivity index (χ0) is 19.7. The maximum atomic E-state index is 11.2. The van der Waals surface area contributed by atoms with Crippen LogP contribution in [0.4, 0.5) is 10.6 Å². The molecule has 1 aliphatic heterocycles. The summed E-state index contributed by atoms with van der Waals surface area (Å²) in [5.41, 5.74) is 3.37. The van der Waals surface area contributed by atoms with Gasteiger partial charge in [0, 0.05) is 55.9 Å². The predicted molar refractivity (Wildman–Crippen MR) is 107 cm³/mol. The van der Waals surface area contributed by atoms with Gasteiger partial charge in [0.2, 0.25) is 0 Å². The van der Waals surface area contributed by atoms with Crippen LogP contribution in [0.1, 0.15) is 12.5 Å². The molecule has 0 aromatic carbocycles. The van der Waals surface area contributed by atoms with Gasteiger partial charge in [-0.25, -0.2) is 14.8 Å². The summed E-state index contributed by atoms with van der Waals surface area (Å²) >= 11 is 0. The number of nitrogens with zero attached hydrogens (tertiary/aromatic N) is 6. The van der Waals surface area contributed by atoms with E-state index in [4.69, 9.17) is 9.97 Å². The van der Waals surface area contributed by atoms with E-state index in [9.17, 15) is 9.90 Å². The Bertz CT molecular complexity index is 1050. The molecule has 8 nitrogen and oxygen atoms in total. The minimum atomic E-state index is -0.892. The van der Waals surface area contributed by atoms with E-state index in [0.29, 0.717) is 32.0 Å². The van der Waals surface area contributed by atoms with E-state index in [0.717, 1.165) is 33.4 Å². The fraction of sp³-hybridized carbons (Fsp3) is 0.250. The molecule has 3 aromatic rings. The molecule has 0 atom stereocenters. The van der Waals surface area contributed by atoms with Crippen LogP contribution in [0.5, 0.6) is 0 Å². The lowest BCUT2D eigenvalue weighted by atomic mass is 10.1. The molecule has 0 unspecified atom stereocenters. The van der Waals surface area contributed by atoms with Crippen molar-refractivity contribution in [1.82, 2.24) is 24.8 Å². The molecule has 0 aliphatic carbocycles. The summed E-state index contributed by atoms with van der Waals surface area (Å²) in [7, 11) is 0. The molecule has 0 spiro atoms. The molecule has 1 fully saturated rings. The van der Waals surface area contributed by atoms with Gasteiger partial charge in [0.15, 0.2) is 5.82 Å². The molecule has 142 valence electrons. The molecule has 1 amide bonds. The second-order valence-corrected chi connectivity index (χ2v) is 6.72. The van der Waals surface area contributed by atoms with E-state index in [2.05, 4.69) is 21.4 Å². The van der Waals surface area contributed by atoms with Gasteiger partial charge in [-0.1, -0.05) is 6.58 Å². The van der Waals surface area contributed by atoms with Crippen molar-refractivity contribution >= 4 is 28.4 Å². The van der Waals surface area contributed by atoms with Crippen molar-refractivity contribution in [3.63, 3.8) is 0 Å². The Hall–Kier alpha value is -3.55. The van der Waals surface area contributed by atoms with Crippen molar-refractivity contribution in [3.05, 3.63) is 49.1 Å². The zero-order valence-corrected chi connectivity index (χ0v) is 15.5. The molecule has 28 heavy (non-hydrogen) atoms. The molecule has 8 heteroatoms. The summed E-state index contributed by atoms with van der Waals surface area (Å²) in [6.45, 7) is 7.98. The summed E-state index contributed by atoms with van der Waals surface area (Å²) < 4.78 is 0. The summed E-state index contributed by atoms with van der Waals surface area (Å²) in [5, 5.41) is 10.1.